The number of anilines is 1. The smallest absolute Gasteiger partial charge is 0.245 e. The summed E-state index contributed by atoms with van der Waals surface area (Å²) in [5.74, 6) is -0.0334. The first-order valence-corrected chi connectivity index (χ1v) is 12.9. The molecule has 0 spiro atoms. The summed E-state index contributed by atoms with van der Waals surface area (Å²) in [6.07, 6.45) is 2.48. The highest BCUT2D eigenvalue weighted by Crippen LogP contribution is 2.42. The van der Waals surface area contributed by atoms with Crippen LogP contribution in [-0.2, 0) is 26.5 Å². The topological polar surface area (TPSA) is 101 Å². The van der Waals surface area contributed by atoms with Gasteiger partial charge in [-0.1, -0.05) is 11.8 Å². The van der Waals surface area contributed by atoms with Crippen LogP contribution in [0.15, 0.2) is 26.7 Å². The number of hydrogen-bond acceptors (Lipinski definition) is 8. The summed E-state index contributed by atoms with van der Waals surface area (Å²) in [6, 6.07) is 3.07. The van der Waals surface area contributed by atoms with E-state index in [0.29, 0.717) is 36.9 Å². The number of Topliss-reactive ketones (excluding diaryl/α,β-unsaturated/α-hetero) is 1. The highest BCUT2D eigenvalue weighted by atomic mass is 32.3. The minimum atomic E-state index is -4.09. The zero-order valence-electron chi connectivity index (χ0n) is 14.2. The largest absolute Gasteiger partial charge is 0.294 e. The predicted molar refractivity (Wildman–Crippen MR) is 102 cm³/mol. The van der Waals surface area contributed by atoms with Crippen LogP contribution < -0.4 is 3.71 Å². The van der Waals surface area contributed by atoms with Crippen LogP contribution in [0.1, 0.15) is 28.0 Å². The van der Waals surface area contributed by atoms with Crippen molar-refractivity contribution >= 4 is 54.6 Å². The third-order valence-corrected chi connectivity index (χ3v) is 9.03. The number of benzene rings is 1. The summed E-state index contributed by atoms with van der Waals surface area (Å²) in [7, 11) is -8.17. The number of fused-ring (bicyclic) bond motifs is 1. The zero-order valence-corrected chi connectivity index (χ0v) is 17.5. The molecule has 0 N–H and O–H groups in total. The van der Waals surface area contributed by atoms with E-state index in [1.165, 1.54) is 17.4 Å². The van der Waals surface area contributed by atoms with Gasteiger partial charge in [0, 0.05) is 28.0 Å². The molecule has 2 aromatic rings. The van der Waals surface area contributed by atoms with Crippen molar-refractivity contribution in [2.75, 3.05) is 16.2 Å². The van der Waals surface area contributed by atoms with E-state index in [1.807, 2.05) is 12.3 Å². The average Bonchev–Trinajstić information content (AvgIpc) is 3.03. The van der Waals surface area contributed by atoms with Gasteiger partial charge in [-0.25, -0.2) is 21.8 Å². The van der Waals surface area contributed by atoms with Gasteiger partial charge in [0.15, 0.2) is 10.1 Å². The molecule has 1 aliphatic rings. The van der Waals surface area contributed by atoms with Crippen molar-refractivity contribution in [2.24, 2.45) is 0 Å². The maximum Gasteiger partial charge on any atom is 0.245 e. The average molecular weight is 433 g/mol. The van der Waals surface area contributed by atoms with Crippen molar-refractivity contribution in [2.45, 2.75) is 29.0 Å². The fourth-order valence-electron chi connectivity index (χ4n) is 2.76. The van der Waals surface area contributed by atoms with Crippen molar-refractivity contribution in [1.82, 2.24) is 4.98 Å². The summed E-state index contributed by atoms with van der Waals surface area (Å²) in [5.41, 5.74) is 1.99. The number of aromatic nitrogens is 1. The molecule has 26 heavy (non-hydrogen) atoms. The fourth-order valence-corrected chi connectivity index (χ4v) is 7.80. The zero-order chi connectivity index (χ0) is 19.3. The van der Waals surface area contributed by atoms with Gasteiger partial charge in [0.2, 0.25) is 20.0 Å². The Bertz CT molecular complexity index is 1070. The fraction of sp³-hybridized carbons (Fsp3) is 0.333. The van der Waals surface area contributed by atoms with Crippen molar-refractivity contribution in [3.05, 3.63) is 34.3 Å². The summed E-state index contributed by atoms with van der Waals surface area (Å²) < 4.78 is 49.9. The number of thiazole rings is 1. The number of sulfonamides is 2. The molecular weight excluding hydrogens is 416 g/mol. The molecule has 0 saturated heterocycles. The SMILES string of the molecule is Cc1csc(Sc2cc3c(cc2N(S(C)(=O)=O)S(C)(=O)=O)CCC3=O)n1. The lowest BCUT2D eigenvalue weighted by Crippen LogP contribution is -2.35. The molecule has 140 valence electrons. The van der Waals surface area contributed by atoms with Gasteiger partial charge in [0.25, 0.3) is 0 Å². The number of nitrogens with zero attached hydrogens (tertiary/aromatic N) is 2. The Morgan fingerprint density at radius 2 is 1.77 bits per heavy atom. The van der Waals surface area contributed by atoms with Crippen molar-refractivity contribution in [3.8, 4) is 0 Å². The second-order valence-electron chi connectivity index (χ2n) is 5.98. The summed E-state index contributed by atoms with van der Waals surface area (Å²) in [6.45, 7) is 1.83. The van der Waals surface area contributed by atoms with Gasteiger partial charge in [-0.15, -0.1) is 11.3 Å². The van der Waals surface area contributed by atoms with E-state index in [0.717, 1.165) is 30.0 Å². The van der Waals surface area contributed by atoms with Crippen LogP contribution in [0.5, 0.6) is 0 Å². The maximum absolute atomic E-state index is 12.2. The first kappa shape index (κ1) is 19.3. The quantitative estimate of drug-likeness (QED) is 0.715. The standard InChI is InChI=1S/C15H16N2O5S4/c1-9-8-23-15(16-9)24-14-7-11-10(4-5-13(11)18)6-12(14)17(25(2,19)20)26(3,21)22/h6-8H,4-5H2,1-3H3. The molecule has 0 amide bonds. The molecule has 1 aliphatic carbocycles. The van der Waals surface area contributed by atoms with E-state index in [2.05, 4.69) is 4.98 Å². The molecule has 0 atom stereocenters. The molecule has 7 nitrogen and oxygen atoms in total. The molecule has 1 aromatic carbocycles. The van der Waals surface area contributed by atoms with Crippen LogP contribution in [0.3, 0.4) is 0 Å². The summed E-state index contributed by atoms with van der Waals surface area (Å²) in [4.78, 5) is 16.8. The molecule has 3 rings (SSSR count). The molecule has 0 fully saturated rings. The Morgan fingerprint density at radius 1 is 1.12 bits per heavy atom. The maximum atomic E-state index is 12.2. The molecule has 0 saturated carbocycles. The number of carbonyl (C=O) groups excluding carboxylic acids is 1. The lowest BCUT2D eigenvalue weighted by atomic mass is 10.1. The molecule has 0 radical (unpaired) electrons. The first-order chi connectivity index (χ1) is 12.0. The molecule has 1 aromatic heterocycles. The van der Waals surface area contributed by atoms with E-state index >= 15 is 0 Å². The molecule has 0 aliphatic heterocycles. The normalized spacial score (nSPS) is 14.5. The van der Waals surface area contributed by atoms with Crippen LogP contribution >= 0.6 is 23.1 Å². The number of rotatable bonds is 5. The Kier molecular flexibility index (Phi) is 4.93. The number of ketones is 1. The van der Waals surface area contributed by atoms with Crippen molar-refractivity contribution in [3.63, 3.8) is 0 Å². The van der Waals surface area contributed by atoms with Gasteiger partial charge >= 0.3 is 0 Å². The van der Waals surface area contributed by atoms with Crippen molar-refractivity contribution in [1.29, 1.82) is 0 Å². The molecule has 11 heteroatoms. The van der Waals surface area contributed by atoms with Crippen LogP contribution in [-0.4, -0.2) is 40.1 Å². The van der Waals surface area contributed by atoms with Gasteiger partial charge < -0.3 is 0 Å². The van der Waals surface area contributed by atoms with Gasteiger partial charge in [-0.3, -0.25) is 4.79 Å². The lowest BCUT2D eigenvalue weighted by Gasteiger charge is -2.23. The van der Waals surface area contributed by atoms with Gasteiger partial charge in [-0.2, -0.15) is 3.71 Å². The van der Waals surface area contributed by atoms with Crippen LogP contribution in [0, 0.1) is 6.92 Å². The Hall–Kier alpha value is -1.43. The molecule has 0 unspecified atom stereocenters. The number of carbonyl (C=O) groups is 1. The van der Waals surface area contributed by atoms with Gasteiger partial charge in [0.05, 0.1) is 18.2 Å². The molecule has 0 bridgehead atoms. The summed E-state index contributed by atoms with van der Waals surface area (Å²) >= 11 is 2.51. The second-order valence-corrected chi connectivity index (χ2v) is 12.0. The number of hydrogen-bond donors (Lipinski definition) is 0. The third-order valence-electron chi connectivity index (χ3n) is 3.70. The molecule has 1 heterocycles. The third kappa shape index (κ3) is 3.80. The highest BCUT2D eigenvalue weighted by Gasteiger charge is 2.32. The Morgan fingerprint density at radius 3 is 2.31 bits per heavy atom. The van der Waals surface area contributed by atoms with Gasteiger partial charge in [-0.05, 0) is 31.0 Å². The minimum absolute atomic E-state index is 0.0290. The second kappa shape index (κ2) is 6.63. The van der Waals surface area contributed by atoms with E-state index in [9.17, 15) is 21.6 Å². The number of aryl methyl sites for hydroxylation is 2. The lowest BCUT2D eigenvalue weighted by molar-refractivity contribution is 0.0994. The van der Waals surface area contributed by atoms with E-state index in [4.69, 9.17) is 0 Å². The first-order valence-electron chi connectivity index (χ1n) is 7.47. The van der Waals surface area contributed by atoms with E-state index in [1.54, 1.807) is 6.07 Å². The predicted octanol–water partition coefficient (Wildman–Crippen LogP) is 2.46. The molecular formula is C15H16N2O5S4. The van der Waals surface area contributed by atoms with Crippen molar-refractivity contribution < 1.29 is 21.6 Å². The van der Waals surface area contributed by atoms with E-state index < -0.39 is 20.0 Å². The Balaban J connectivity index is 2.24. The minimum Gasteiger partial charge on any atom is -0.294 e. The van der Waals surface area contributed by atoms with Crippen LogP contribution in [0.4, 0.5) is 5.69 Å². The van der Waals surface area contributed by atoms with Crippen LogP contribution in [0.2, 0.25) is 0 Å². The summed E-state index contributed by atoms with van der Waals surface area (Å²) in [5, 5.41) is 1.84. The Labute approximate surface area is 160 Å². The monoisotopic (exact) mass is 432 g/mol. The van der Waals surface area contributed by atoms with Gasteiger partial charge in [0.1, 0.15) is 0 Å². The van der Waals surface area contributed by atoms with E-state index in [-0.39, 0.29) is 11.5 Å². The van der Waals surface area contributed by atoms with Crippen LogP contribution in [0.25, 0.3) is 0 Å². The highest BCUT2D eigenvalue weighted by molar-refractivity contribution is 8.09.